The van der Waals surface area contributed by atoms with E-state index in [1.807, 2.05) is 12.1 Å². The number of nitrogens with zero attached hydrogens (tertiary/aromatic N) is 3. The van der Waals surface area contributed by atoms with E-state index in [0.29, 0.717) is 30.5 Å². The van der Waals surface area contributed by atoms with Crippen molar-refractivity contribution < 1.29 is 0 Å². The molecule has 0 saturated heterocycles. The number of aromatic nitrogens is 3. The molecule has 0 saturated carbocycles. The van der Waals surface area contributed by atoms with Crippen LogP contribution in [0.1, 0.15) is 0 Å². The van der Waals surface area contributed by atoms with E-state index < -0.39 is 0 Å². The molecule has 0 atom stereocenters. The molecule has 17 heavy (non-hydrogen) atoms. The summed E-state index contributed by atoms with van der Waals surface area (Å²) in [5.74, 6) is 2.46. The lowest BCUT2D eigenvalue weighted by Gasteiger charge is -2.04. The van der Waals surface area contributed by atoms with Crippen LogP contribution in [0.25, 0.3) is 10.9 Å². The molecule has 86 valence electrons. The summed E-state index contributed by atoms with van der Waals surface area (Å²) >= 11 is 0. The Morgan fingerprint density at radius 1 is 1.41 bits per heavy atom. The fourth-order valence-corrected chi connectivity index (χ4v) is 1.52. The van der Waals surface area contributed by atoms with Gasteiger partial charge in [-0.25, -0.2) is 4.68 Å². The van der Waals surface area contributed by atoms with Gasteiger partial charge in [-0.05, 0) is 12.1 Å². The largest absolute Gasteiger partial charge is 0.304 e. The van der Waals surface area contributed by atoms with Crippen molar-refractivity contribution in [3.8, 4) is 12.3 Å². The van der Waals surface area contributed by atoms with E-state index in [2.05, 4.69) is 21.5 Å². The maximum absolute atomic E-state index is 12.0. The van der Waals surface area contributed by atoms with Gasteiger partial charge in [-0.15, -0.1) is 11.5 Å². The molecule has 0 fully saturated rings. The fraction of sp³-hybridized carbons (Fsp3) is 0.250. The van der Waals surface area contributed by atoms with Crippen LogP contribution < -0.4 is 10.9 Å². The minimum atomic E-state index is -0.127. The molecule has 0 amide bonds. The van der Waals surface area contributed by atoms with E-state index >= 15 is 0 Å². The van der Waals surface area contributed by atoms with Crippen LogP contribution in [0.3, 0.4) is 0 Å². The quantitative estimate of drug-likeness (QED) is 0.592. The fourth-order valence-electron chi connectivity index (χ4n) is 1.52. The summed E-state index contributed by atoms with van der Waals surface area (Å²) in [6, 6.07) is 7.16. The van der Waals surface area contributed by atoms with Crippen molar-refractivity contribution in [1.29, 1.82) is 0 Å². The molecule has 1 aromatic carbocycles. The standard InChI is InChI=1S/C12H12N4O/c1-2-7-13-8-9-16-12(17)10-5-3-4-6-11(10)14-15-16/h1,3-6,13H,7-9H2. The van der Waals surface area contributed by atoms with E-state index in [-0.39, 0.29) is 5.56 Å². The van der Waals surface area contributed by atoms with Crippen LogP contribution in [0.5, 0.6) is 0 Å². The van der Waals surface area contributed by atoms with Crippen LogP contribution in [0.4, 0.5) is 0 Å². The summed E-state index contributed by atoms with van der Waals surface area (Å²) in [7, 11) is 0. The van der Waals surface area contributed by atoms with Gasteiger partial charge in [0.25, 0.3) is 5.56 Å². The number of fused-ring (bicyclic) bond motifs is 1. The number of nitrogens with one attached hydrogen (secondary N) is 1. The molecule has 5 heteroatoms. The van der Waals surface area contributed by atoms with E-state index in [9.17, 15) is 4.79 Å². The molecule has 0 spiro atoms. The Kier molecular flexibility index (Phi) is 3.48. The number of benzene rings is 1. The van der Waals surface area contributed by atoms with Crippen LogP contribution in [-0.4, -0.2) is 28.1 Å². The second-order valence-electron chi connectivity index (χ2n) is 3.52. The van der Waals surface area contributed by atoms with Gasteiger partial charge in [-0.3, -0.25) is 4.79 Å². The van der Waals surface area contributed by atoms with Gasteiger partial charge in [-0.2, -0.15) is 0 Å². The Morgan fingerprint density at radius 3 is 3.06 bits per heavy atom. The minimum absolute atomic E-state index is 0.127. The van der Waals surface area contributed by atoms with Gasteiger partial charge in [-0.1, -0.05) is 23.3 Å². The highest BCUT2D eigenvalue weighted by molar-refractivity contribution is 5.76. The second-order valence-corrected chi connectivity index (χ2v) is 3.52. The lowest BCUT2D eigenvalue weighted by Crippen LogP contribution is -2.29. The van der Waals surface area contributed by atoms with Gasteiger partial charge in [0.2, 0.25) is 0 Å². The van der Waals surface area contributed by atoms with Gasteiger partial charge in [0.1, 0.15) is 5.52 Å². The molecular weight excluding hydrogens is 216 g/mol. The average molecular weight is 228 g/mol. The maximum Gasteiger partial charge on any atom is 0.277 e. The second kappa shape index (κ2) is 5.23. The smallest absolute Gasteiger partial charge is 0.277 e. The Balaban J connectivity index is 2.22. The number of hydrogen-bond donors (Lipinski definition) is 1. The van der Waals surface area contributed by atoms with E-state index in [4.69, 9.17) is 6.42 Å². The zero-order chi connectivity index (χ0) is 12.1. The van der Waals surface area contributed by atoms with Crippen molar-refractivity contribution >= 4 is 10.9 Å². The third kappa shape index (κ3) is 2.49. The van der Waals surface area contributed by atoms with Crippen molar-refractivity contribution in [2.75, 3.05) is 13.1 Å². The maximum atomic E-state index is 12.0. The first-order valence-corrected chi connectivity index (χ1v) is 5.29. The lowest BCUT2D eigenvalue weighted by atomic mass is 10.2. The minimum Gasteiger partial charge on any atom is -0.304 e. The van der Waals surface area contributed by atoms with Gasteiger partial charge in [0.05, 0.1) is 18.5 Å². The van der Waals surface area contributed by atoms with Crippen molar-refractivity contribution in [1.82, 2.24) is 20.3 Å². The SMILES string of the molecule is C#CCNCCn1nnc2ccccc2c1=O. The molecule has 1 heterocycles. The van der Waals surface area contributed by atoms with E-state index in [0.717, 1.165) is 0 Å². The Hall–Kier alpha value is -2.19. The van der Waals surface area contributed by atoms with Crippen molar-refractivity contribution in [2.45, 2.75) is 6.54 Å². The van der Waals surface area contributed by atoms with E-state index in [1.54, 1.807) is 12.1 Å². The molecule has 1 aromatic heterocycles. The van der Waals surface area contributed by atoms with Gasteiger partial charge in [0.15, 0.2) is 0 Å². The van der Waals surface area contributed by atoms with Crippen LogP contribution in [-0.2, 0) is 6.54 Å². The van der Waals surface area contributed by atoms with Crippen molar-refractivity contribution in [3.05, 3.63) is 34.6 Å². The molecular formula is C12H12N4O. The monoisotopic (exact) mass is 228 g/mol. The third-order valence-electron chi connectivity index (χ3n) is 2.36. The Bertz CT molecular complexity index is 612. The lowest BCUT2D eigenvalue weighted by molar-refractivity contribution is 0.526. The van der Waals surface area contributed by atoms with Crippen LogP contribution >= 0.6 is 0 Å². The van der Waals surface area contributed by atoms with Gasteiger partial charge >= 0.3 is 0 Å². The van der Waals surface area contributed by atoms with E-state index in [1.165, 1.54) is 4.68 Å². The van der Waals surface area contributed by atoms with Crippen LogP contribution in [0.15, 0.2) is 29.1 Å². The summed E-state index contributed by atoms with van der Waals surface area (Å²) < 4.78 is 1.34. The van der Waals surface area contributed by atoms with Crippen LogP contribution in [0.2, 0.25) is 0 Å². The third-order valence-corrected chi connectivity index (χ3v) is 2.36. The first-order valence-electron chi connectivity index (χ1n) is 5.29. The molecule has 0 unspecified atom stereocenters. The highest BCUT2D eigenvalue weighted by Gasteiger charge is 2.03. The van der Waals surface area contributed by atoms with Crippen LogP contribution in [0, 0.1) is 12.3 Å². The Labute approximate surface area is 98.5 Å². The van der Waals surface area contributed by atoms with Crippen molar-refractivity contribution in [2.24, 2.45) is 0 Å². The summed E-state index contributed by atoms with van der Waals surface area (Å²) in [6.45, 7) is 1.53. The number of rotatable bonds is 4. The molecule has 0 bridgehead atoms. The molecule has 0 aliphatic heterocycles. The summed E-state index contributed by atoms with van der Waals surface area (Å²) in [5.41, 5.74) is 0.489. The molecule has 1 N–H and O–H groups in total. The molecule has 0 radical (unpaired) electrons. The summed E-state index contributed by atoms with van der Waals surface area (Å²) in [5, 5.41) is 11.4. The zero-order valence-electron chi connectivity index (χ0n) is 9.26. The number of hydrogen-bond acceptors (Lipinski definition) is 4. The predicted molar refractivity (Wildman–Crippen MR) is 65.5 cm³/mol. The zero-order valence-corrected chi connectivity index (χ0v) is 9.26. The first-order chi connectivity index (χ1) is 8.33. The average Bonchev–Trinajstić information content (AvgIpc) is 2.37. The highest BCUT2D eigenvalue weighted by atomic mass is 16.1. The number of terminal acetylenes is 1. The molecule has 2 rings (SSSR count). The van der Waals surface area contributed by atoms with Gasteiger partial charge < -0.3 is 5.32 Å². The van der Waals surface area contributed by atoms with Crippen molar-refractivity contribution in [3.63, 3.8) is 0 Å². The molecule has 2 aromatic rings. The highest BCUT2D eigenvalue weighted by Crippen LogP contribution is 2.02. The summed E-state index contributed by atoms with van der Waals surface area (Å²) in [6.07, 6.45) is 5.10. The normalized spacial score (nSPS) is 10.3. The summed E-state index contributed by atoms with van der Waals surface area (Å²) in [4.78, 5) is 12.0. The first kappa shape index (κ1) is 11.3. The molecule has 0 aliphatic carbocycles. The predicted octanol–water partition coefficient (Wildman–Crippen LogP) is 0.0143. The Morgan fingerprint density at radius 2 is 2.24 bits per heavy atom. The molecule has 5 nitrogen and oxygen atoms in total. The topological polar surface area (TPSA) is 59.8 Å². The molecule has 0 aliphatic rings. The van der Waals surface area contributed by atoms with Gasteiger partial charge in [0, 0.05) is 6.54 Å².